The second kappa shape index (κ2) is 9.11. The van der Waals surface area contributed by atoms with Crippen molar-refractivity contribution >= 4 is 35.1 Å². The first-order chi connectivity index (χ1) is 14.6. The lowest BCUT2D eigenvalue weighted by atomic mass is 10.2. The van der Waals surface area contributed by atoms with Crippen LogP contribution >= 0.6 is 23.4 Å². The molecule has 0 bridgehead atoms. The first-order valence-corrected chi connectivity index (χ1v) is 10.6. The number of amides is 1. The number of benzene rings is 2. The summed E-state index contributed by atoms with van der Waals surface area (Å²) in [5.74, 6) is 1.14. The van der Waals surface area contributed by atoms with Crippen molar-refractivity contribution in [3.63, 3.8) is 0 Å². The van der Waals surface area contributed by atoms with E-state index < -0.39 is 0 Å². The number of carbonyl (C=O) groups excluding carboxylic acids is 1. The molecular formula is C22H18ClN5OS. The van der Waals surface area contributed by atoms with Crippen molar-refractivity contribution in [2.24, 2.45) is 0 Å². The number of aromatic nitrogens is 4. The molecule has 0 saturated heterocycles. The third kappa shape index (κ3) is 4.53. The van der Waals surface area contributed by atoms with E-state index in [1.54, 1.807) is 18.3 Å². The zero-order valence-electron chi connectivity index (χ0n) is 16.1. The number of rotatable bonds is 6. The summed E-state index contributed by atoms with van der Waals surface area (Å²) in [6.07, 6.45) is 1.63. The molecule has 0 radical (unpaired) electrons. The molecule has 2 aromatic heterocycles. The number of pyridine rings is 1. The minimum Gasteiger partial charge on any atom is -0.310 e. The molecule has 1 N–H and O–H groups in total. The van der Waals surface area contributed by atoms with Crippen LogP contribution in [0, 0.1) is 6.92 Å². The molecule has 4 aromatic rings. The maximum absolute atomic E-state index is 12.4. The molecule has 4 rings (SSSR count). The number of thioether (sulfide) groups is 1. The highest BCUT2D eigenvalue weighted by atomic mass is 35.5. The van der Waals surface area contributed by atoms with E-state index in [2.05, 4.69) is 20.5 Å². The fourth-order valence-electron chi connectivity index (χ4n) is 2.85. The van der Waals surface area contributed by atoms with Crippen LogP contribution in [0.2, 0.25) is 5.02 Å². The number of hydrogen-bond donors (Lipinski definition) is 1. The second-order valence-electron chi connectivity index (χ2n) is 6.51. The van der Waals surface area contributed by atoms with Crippen LogP contribution in [0.1, 0.15) is 5.56 Å². The van der Waals surface area contributed by atoms with Crippen molar-refractivity contribution < 1.29 is 4.79 Å². The molecule has 0 aliphatic carbocycles. The molecule has 0 spiro atoms. The Morgan fingerprint density at radius 1 is 1.03 bits per heavy atom. The van der Waals surface area contributed by atoms with Crippen LogP contribution < -0.4 is 5.32 Å². The Hall–Kier alpha value is -3.16. The van der Waals surface area contributed by atoms with E-state index in [0.717, 1.165) is 16.8 Å². The van der Waals surface area contributed by atoms with Crippen LogP contribution in [0.3, 0.4) is 0 Å². The van der Waals surface area contributed by atoms with E-state index in [9.17, 15) is 4.79 Å². The number of nitrogens with zero attached hydrogens (tertiary/aromatic N) is 4. The van der Waals surface area contributed by atoms with E-state index in [1.807, 2.05) is 66.1 Å². The monoisotopic (exact) mass is 435 g/mol. The third-order valence-corrected chi connectivity index (χ3v) is 5.56. The largest absolute Gasteiger partial charge is 0.310 e. The average molecular weight is 436 g/mol. The molecule has 8 heteroatoms. The Morgan fingerprint density at radius 3 is 2.53 bits per heavy atom. The molecule has 1 amide bonds. The number of carbonyl (C=O) groups is 1. The van der Waals surface area contributed by atoms with Gasteiger partial charge in [-0.25, -0.2) is 4.98 Å². The summed E-state index contributed by atoms with van der Waals surface area (Å²) in [4.78, 5) is 16.5. The summed E-state index contributed by atoms with van der Waals surface area (Å²) >= 11 is 7.71. The molecule has 6 nitrogen and oxygen atoms in total. The zero-order valence-corrected chi connectivity index (χ0v) is 17.7. The lowest BCUT2D eigenvalue weighted by molar-refractivity contribution is -0.113. The van der Waals surface area contributed by atoms with Gasteiger partial charge < -0.3 is 5.32 Å². The number of aryl methyl sites for hydroxylation is 1. The van der Waals surface area contributed by atoms with Gasteiger partial charge in [0, 0.05) is 17.4 Å². The van der Waals surface area contributed by atoms with Crippen molar-refractivity contribution in [1.29, 1.82) is 0 Å². The second-order valence-corrected chi connectivity index (χ2v) is 7.86. The lowest BCUT2D eigenvalue weighted by Crippen LogP contribution is -2.15. The molecule has 30 heavy (non-hydrogen) atoms. The summed E-state index contributed by atoms with van der Waals surface area (Å²) in [5.41, 5.74) is 2.82. The average Bonchev–Trinajstić information content (AvgIpc) is 3.17. The van der Waals surface area contributed by atoms with Gasteiger partial charge in [0.25, 0.3) is 0 Å². The summed E-state index contributed by atoms with van der Waals surface area (Å²) in [6, 6.07) is 20.9. The van der Waals surface area contributed by atoms with Crippen LogP contribution in [0.4, 0.5) is 5.82 Å². The van der Waals surface area contributed by atoms with E-state index in [-0.39, 0.29) is 11.7 Å². The normalized spacial score (nSPS) is 10.7. The van der Waals surface area contributed by atoms with Crippen molar-refractivity contribution in [1.82, 2.24) is 19.7 Å². The quantitative estimate of drug-likeness (QED) is 0.430. The molecule has 2 heterocycles. The summed E-state index contributed by atoms with van der Waals surface area (Å²) in [7, 11) is 0. The van der Waals surface area contributed by atoms with Crippen LogP contribution in [0.15, 0.2) is 78.1 Å². The van der Waals surface area contributed by atoms with Crippen molar-refractivity contribution in [3.8, 4) is 17.1 Å². The molecular weight excluding hydrogens is 418 g/mol. The van der Waals surface area contributed by atoms with Crippen LogP contribution in [0.5, 0.6) is 0 Å². The van der Waals surface area contributed by atoms with Gasteiger partial charge in [-0.1, -0.05) is 59.3 Å². The molecule has 2 aromatic carbocycles. The fourth-order valence-corrected chi connectivity index (χ4v) is 3.82. The zero-order chi connectivity index (χ0) is 20.9. The summed E-state index contributed by atoms with van der Waals surface area (Å²) in [6.45, 7) is 2.03. The van der Waals surface area contributed by atoms with Crippen LogP contribution in [0.25, 0.3) is 17.1 Å². The summed E-state index contributed by atoms with van der Waals surface area (Å²) in [5, 5.41) is 12.7. The lowest BCUT2D eigenvalue weighted by Gasteiger charge is -2.11. The minimum atomic E-state index is -0.170. The molecule has 0 atom stereocenters. The van der Waals surface area contributed by atoms with Crippen molar-refractivity contribution in [2.45, 2.75) is 12.1 Å². The SMILES string of the molecule is Cc1ccc(-n2c(SCC(=O)Nc3ccccn3)nnc2-c2ccccc2Cl)cc1. The van der Waals surface area contributed by atoms with Gasteiger partial charge in [-0.05, 0) is 43.3 Å². The van der Waals surface area contributed by atoms with Crippen molar-refractivity contribution in [3.05, 3.63) is 83.5 Å². The summed E-state index contributed by atoms with van der Waals surface area (Å²) < 4.78 is 1.92. The Morgan fingerprint density at radius 2 is 1.80 bits per heavy atom. The molecule has 0 fully saturated rings. The van der Waals surface area contributed by atoms with Gasteiger partial charge >= 0.3 is 0 Å². The number of halogens is 1. The smallest absolute Gasteiger partial charge is 0.236 e. The molecule has 0 aliphatic heterocycles. The topological polar surface area (TPSA) is 72.7 Å². The van der Waals surface area contributed by atoms with Crippen molar-refractivity contribution in [2.75, 3.05) is 11.1 Å². The number of hydrogen-bond acceptors (Lipinski definition) is 5. The first-order valence-electron chi connectivity index (χ1n) is 9.23. The predicted octanol–water partition coefficient (Wildman–Crippen LogP) is 5.02. The Kier molecular flexibility index (Phi) is 6.11. The maximum atomic E-state index is 12.4. The highest BCUT2D eigenvalue weighted by Gasteiger charge is 2.19. The molecule has 0 unspecified atom stereocenters. The molecule has 150 valence electrons. The Balaban J connectivity index is 1.64. The standard InChI is InChI=1S/C22H18ClN5OS/c1-15-9-11-16(12-10-15)28-21(17-6-2-3-7-18(17)23)26-27-22(28)30-14-20(29)25-19-8-4-5-13-24-19/h2-13H,14H2,1H3,(H,24,25,29). The van der Waals surface area contributed by atoms with Gasteiger partial charge in [0.2, 0.25) is 5.91 Å². The van der Waals surface area contributed by atoms with Gasteiger partial charge in [-0.3, -0.25) is 9.36 Å². The Labute approximate surface area is 183 Å². The van der Waals surface area contributed by atoms with Crippen LogP contribution in [-0.4, -0.2) is 31.4 Å². The minimum absolute atomic E-state index is 0.170. The van der Waals surface area contributed by atoms with Gasteiger partial charge in [-0.15, -0.1) is 10.2 Å². The highest BCUT2D eigenvalue weighted by Crippen LogP contribution is 2.32. The van der Waals surface area contributed by atoms with Gasteiger partial charge in [0.1, 0.15) is 5.82 Å². The fraction of sp³-hybridized carbons (Fsp3) is 0.0909. The van der Waals surface area contributed by atoms with Gasteiger partial charge in [0.15, 0.2) is 11.0 Å². The Bertz CT molecular complexity index is 1160. The third-order valence-electron chi connectivity index (χ3n) is 4.31. The van der Waals surface area contributed by atoms with E-state index >= 15 is 0 Å². The highest BCUT2D eigenvalue weighted by molar-refractivity contribution is 7.99. The van der Waals surface area contributed by atoms with E-state index in [0.29, 0.717) is 21.8 Å². The number of anilines is 1. The van der Waals surface area contributed by atoms with Crippen LogP contribution in [-0.2, 0) is 4.79 Å². The van der Waals surface area contributed by atoms with E-state index in [1.165, 1.54) is 11.8 Å². The molecule has 0 saturated carbocycles. The first kappa shape index (κ1) is 20.1. The van der Waals surface area contributed by atoms with Gasteiger partial charge in [0.05, 0.1) is 10.8 Å². The number of nitrogens with one attached hydrogen (secondary N) is 1. The van der Waals surface area contributed by atoms with Gasteiger partial charge in [-0.2, -0.15) is 0 Å². The van der Waals surface area contributed by atoms with E-state index in [4.69, 9.17) is 11.6 Å². The molecule has 0 aliphatic rings. The predicted molar refractivity (Wildman–Crippen MR) is 120 cm³/mol. The maximum Gasteiger partial charge on any atom is 0.236 e.